The summed E-state index contributed by atoms with van der Waals surface area (Å²) in [7, 11) is -4.05. The predicted octanol–water partition coefficient (Wildman–Crippen LogP) is -0.907. The Balaban J connectivity index is 0. The molecule has 0 amide bonds. The third-order valence-corrected chi connectivity index (χ3v) is 2.66. The van der Waals surface area contributed by atoms with E-state index in [-0.39, 0.29) is 63.5 Å². The van der Waals surface area contributed by atoms with Crippen LogP contribution >= 0.6 is 11.3 Å². The van der Waals surface area contributed by atoms with Gasteiger partial charge in [0.15, 0.2) is 0 Å². The van der Waals surface area contributed by atoms with E-state index in [9.17, 15) is 8.42 Å². The molecule has 1 aromatic rings. The SMILES string of the molecule is O=S(=O)(O)c1nccs1.[NaH].[NaH]. The minimum absolute atomic E-state index is 0. The molecule has 1 rings (SSSR count). The van der Waals surface area contributed by atoms with Gasteiger partial charge in [0.25, 0.3) is 0 Å². The third-order valence-electron chi connectivity index (χ3n) is 0.630. The van der Waals surface area contributed by atoms with Gasteiger partial charge in [-0.25, -0.2) is 4.98 Å². The van der Waals surface area contributed by atoms with Crippen molar-refractivity contribution in [2.45, 2.75) is 4.34 Å². The van der Waals surface area contributed by atoms with Crippen LogP contribution in [0.1, 0.15) is 0 Å². The second-order valence-corrected chi connectivity index (χ2v) is 3.76. The molecule has 0 aliphatic rings. The molecule has 0 aromatic carbocycles. The Bertz CT molecular complexity index is 282. The van der Waals surface area contributed by atoms with E-state index in [2.05, 4.69) is 4.98 Å². The molecular formula is C3H5NNa2O3S2. The number of hydrogen-bond acceptors (Lipinski definition) is 4. The van der Waals surface area contributed by atoms with Gasteiger partial charge in [0.1, 0.15) is 0 Å². The Kier molecular flexibility index (Phi) is 8.29. The van der Waals surface area contributed by atoms with E-state index < -0.39 is 10.1 Å². The van der Waals surface area contributed by atoms with Crippen LogP contribution in [0.25, 0.3) is 0 Å². The average molecular weight is 213 g/mol. The Morgan fingerprint density at radius 3 is 2.18 bits per heavy atom. The van der Waals surface area contributed by atoms with Crippen LogP contribution in [0, 0.1) is 0 Å². The van der Waals surface area contributed by atoms with E-state index in [0.717, 1.165) is 11.3 Å². The number of hydrogen-bond donors (Lipinski definition) is 1. The first-order valence-electron chi connectivity index (χ1n) is 1.97. The number of thiazole rings is 1. The van der Waals surface area contributed by atoms with Gasteiger partial charge in [-0.15, -0.1) is 11.3 Å². The Hall–Kier alpha value is 1.54. The molecule has 0 unspecified atom stereocenters. The van der Waals surface area contributed by atoms with Crippen molar-refractivity contribution in [3.05, 3.63) is 11.6 Å². The summed E-state index contributed by atoms with van der Waals surface area (Å²) in [5.74, 6) is 0. The van der Waals surface area contributed by atoms with E-state index in [1.54, 1.807) is 0 Å². The summed E-state index contributed by atoms with van der Waals surface area (Å²) in [5.41, 5.74) is 0. The van der Waals surface area contributed by atoms with Crippen LogP contribution in [0.5, 0.6) is 0 Å². The van der Waals surface area contributed by atoms with Crippen LogP contribution in [0.2, 0.25) is 0 Å². The van der Waals surface area contributed by atoms with E-state index in [4.69, 9.17) is 4.55 Å². The fraction of sp³-hybridized carbons (Fsp3) is 0. The Labute approximate surface area is 113 Å². The second kappa shape index (κ2) is 6.06. The minimum atomic E-state index is -4.05. The Morgan fingerprint density at radius 1 is 1.45 bits per heavy atom. The molecule has 0 aliphatic heterocycles. The fourth-order valence-electron chi connectivity index (χ4n) is 0.338. The van der Waals surface area contributed by atoms with E-state index in [1.165, 1.54) is 11.6 Å². The maximum absolute atomic E-state index is 10.2. The van der Waals surface area contributed by atoms with Crippen molar-refractivity contribution in [3.63, 3.8) is 0 Å². The van der Waals surface area contributed by atoms with Crippen molar-refractivity contribution in [1.29, 1.82) is 0 Å². The van der Waals surface area contributed by atoms with Crippen LogP contribution in [0.3, 0.4) is 0 Å². The zero-order valence-corrected chi connectivity index (χ0v) is 5.82. The van der Waals surface area contributed by atoms with Crippen molar-refractivity contribution in [3.8, 4) is 0 Å². The number of nitrogens with zero attached hydrogens (tertiary/aromatic N) is 1. The molecule has 0 saturated carbocycles. The molecule has 0 bridgehead atoms. The normalized spacial score (nSPS) is 9.55. The first kappa shape index (κ1) is 15.0. The zero-order valence-electron chi connectivity index (χ0n) is 4.18. The van der Waals surface area contributed by atoms with E-state index in [1.807, 2.05) is 0 Å². The average Bonchev–Trinajstić information content (AvgIpc) is 2.08. The molecule has 1 N–H and O–H groups in total. The first-order chi connectivity index (χ1) is 4.11. The van der Waals surface area contributed by atoms with Gasteiger partial charge in [0.2, 0.25) is 4.34 Å². The summed E-state index contributed by atoms with van der Waals surface area (Å²) >= 11 is 0.881. The quantitative estimate of drug-likeness (QED) is 0.484. The van der Waals surface area contributed by atoms with Crippen molar-refractivity contribution in [1.82, 2.24) is 4.98 Å². The van der Waals surface area contributed by atoms with Gasteiger partial charge in [-0.05, 0) is 0 Å². The predicted molar refractivity (Wildman–Crippen MR) is 46.2 cm³/mol. The molecule has 0 radical (unpaired) electrons. The summed E-state index contributed by atoms with van der Waals surface area (Å²) < 4.78 is 28.4. The summed E-state index contributed by atoms with van der Waals surface area (Å²) in [5, 5.41) is 1.48. The van der Waals surface area contributed by atoms with Gasteiger partial charge in [-0.2, -0.15) is 8.42 Å². The van der Waals surface area contributed by atoms with Crippen LogP contribution in [-0.4, -0.2) is 77.1 Å². The van der Waals surface area contributed by atoms with Crippen LogP contribution in [0.15, 0.2) is 15.9 Å². The summed E-state index contributed by atoms with van der Waals surface area (Å²) in [6.07, 6.45) is 1.31. The zero-order chi connectivity index (χ0) is 6.91. The van der Waals surface area contributed by atoms with Crippen molar-refractivity contribution in [2.75, 3.05) is 0 Å². The van der Waals surface area contributed by atoms with Gasteiger partial charge < -0.3 is 0 Å². The molecule has 1 aromatic heterocycles. The monoisotopic (exact) mass is 213 g/mol. The maximum atomic E-state index is 10.2. The summed E-state index contributed by atoms with van der Waals surface area (Å²) in [6.45, 7) is 0. The molecule has 0 atom stereocenters. The molecule has 0 spiro atoms. The molecule has 0 saturated heterocycles. The number of aromatic nitrogens is 1. The van der Waals surface area contributed by atoms with Gasteiger partial charge in [-0.1, -0.05) is 0 Å². The van der Waals surface area contributed by atoms with Crippen LogP contribution < -0.4 is 0 Å². The van der Waals surface area contributed by atoms with Crippen LogP contribution in [0.4, 0.5) is 0 Å². The molecular weight excluding hydrogens is 208 g/mol. The van der Waals surface area contributed by atoms with Crippen molar-refractivity contribution >= 4 is 80.6 Å². The molecule has 0 fully saturated rings. The van der Waals surface area contributed by atoms with Crippen molar-refractivity contribution in [2.24, 2.45) is 0 Å². The molecule has 54 valence electrons. The van der Waals surface area contributed by atoms with Crippen LogP contribution in [-0.2, 0) is 10.1 Å². The van der Waals surface area contributed by atoms with Gasteiger partial charge >= 0.3 is 69.2 Å². The van der Waals surface area contributed by atoms with Gasteiger partial charge in [0, 0.05) is 11.6 Å². The Morgan fingerprint density at radius 2 is 2.00 bits per heavy atom. The molecule has 8 heteroatoms. The molecule has 0 aliphatic carbocycles. The molecule has 11 heavy (non-hydrogen) atoms. The van der Waals surface area contributed by atoms with Gasteiger partial charge in [0.05, 0.1) is 0 Å². The van der Waals surface area contributed by atoms with Crippen molar-refractivity contribution < 1.29 is 13.0 Å². The fourth-order valence-corrected chi connectivity index (χ4v) is 1.54. The first-order valence-corrected chi connectivity index (χ1v) is 4.29. The summed E-state index contributed by atoms with van der Waals surface area (Å²) in [4.78, 5) is 3.37. The summed E-state index contributed by atoms with van der Waals surface area (Å²) in [6, 6.07) is 0. The van der Waals surface area contributed by atoms with E-state index in [0.29, 0.717) is 0 Å². The number of rotatable bonds is 1. The third kappa shape index (κ3) is 4.97. The van der Waals surface area contributed by atoms with Gasteiger partial charge in [-0.3, -0.25) is 4.55 Å². The topological polar surface area (TPSA) is 67.3 Å². The molecule has 4 nitrogen and oxygen atoms in total. The van der Waals surface area contributed by atoms with E-state index >= 15 is 0 Å². The second-order valence-electron chi connectivity index (χ2n) is 1.27. The standard InChI is InChI=1S/C3H3NO3S2.2Na.2H/c5-9(6,7)3-4-1-2-8-3;;;;/h1-2H,(H,5,6,7);;;;. The molecule has 1 heterocycles.